The number of amides is 1. The number of carbonyl (C=O) groups excluding carboxylic acids is 1. The van der Waals surface area contributed by atoms with Gasteiger partial charge in [0, 0.05) is 19.5 Å². The molecule has 0 saturated heterocycles. The molecule has 0 spiro atoms. The molecular weight excluding hydrogens is 278 g/mol. The van der Waals surface area contributed by atoms with Crippen molar-refractivity contribution in [2.75, 3.05) is 13.6 Å². The number of aryl methyl sites for hydroxylation is 1. The maximum atomic E-state index is 12.9. The maximum Gasteiger partial charge on any atom is 0.232 e. The first-order valence-electron chi connectivity index (χ1n) is 7.59. The van der Waals surface area contributed by atoms with E-state index in [0.29, 0.717) is 12.4 Å². The second kappa shape index (κ2) is 5.51. The van der Waals surface area contributed by atoms with Crippen LogP contribution in [0.3, 0.4) is 0 Å². The third kappa shape index (κ3) is 2.49. The quantitative estimate of drug-likeness (QED) is 0.913. The minimum absolute atomic E-state index is 0.0559. The molecule has 1 aliphatic carbocycles. The van der Waals surface area contributed by atoms with Gasteiger partial charge in [0.25, 0.3) is 0 Å². The van der Waals surface area contributed by atoms with Crippen molar-refractivity contribution in [3.8, 4) is 0 Å². The monoisotopic (exact) mass is 299 g/mol. The van der Waals surface area contributed by atoms with Crippen LogP contribution >= 0.6 is 0 Å². The summed E-state index contributed by atoms with van der Waals surface area (Å²) in [6.45, 7) is 4.67. The standard InChI is InChI=1S/C16H21N5O/c1-11-6-4-5-7-13(11)16(8-9-16)15(22)21(3)10-12(2)14-17-19-20-18-14/h4-7,12H,8-10H2,1-3H3,(H,17,18,19,20)/t12-/m0/s1. The van der Waals surface area contributed by atoms with Crippen LogP contribution in [0.25, 0.3) is 0 Å². The van der Waals surface area contributed by atoms with E-state index in [-0.39, 0.29) is 17.2 Å². The summed E-state index contributed by atoms with van der Waals surface area (Å²) in [6, 6.07) is 8.18. The summed E-state index contributed by atoms with van der Waals surface area (Å²) in [7, 11) is 1.86. The van der Waals surface area contributed by atoms with E-state index < -0.39 is 0 Å². The van der Waals surface area contributed by atoms with Gasteiger partial charge < -0.3 is 4.90 Å². The van der Waals surface area contributed by atoms with Crippen molar-refractivity contribution in [1.82, 2.24) is 25.5 Å². The van der Waals surface area contributed by atoms with Crippen LogP contribution in [0.4, 0.5) is 0 Å². The summed E-state index contributed by atoms with van der Waals surface area (Å²) < 4.78 is 0. The number of likely N-dealkylation sites (N-methyl/N-ethyl adjacent to an activating group) is 1. The van der Waals surface area contributed by atoms with E-state index >= 15 is 0 Å². The van der Waals surface area contributed by atoms with Gasteiger partial charge in [-0.1, -0.05) is 36.4 Å². The van der Waals surface area contributed by atoms with E-state index in [1.54, 1.807) is 4.90 Å². The lowest BCUT2D eigenvalue weighted by Crippen LogP contribution is -2.39. The van der Waals surface area contributed by atoms with Crippen molar-refractivity contribution in [3.63, 3.8) is 0 Å². The van der Waals surface area contributed by atoms with E-state index in [1.807, 2.05) is 26.1 Å². The van der Waals surface area contributed by atoms with Gasteiger partial charge in [-0.3, -0.25) is 4.79 Å². The predicted molar refractivity (Wildman–Crippen MR) is 82.3 cm³/mol. The molecule has 1 N–H and O–H groups in total. The first-order chi connectivity index (χ1) is 10.5. The number of hydrogen-bond acceptors (Lipinski definition) is 4. The Kier molecular flexibility index (Phi) is 3.68. The zero-order valence-electron chi connectivity index (χ0n) is 13.2. The average Bonchev–Trinajstić information content (AvgIpc) is 3.11. The fourth-order valence-corrected chi connectivity index (χ4v) is 3.15. The summed E-state index contributed by atoms with van der Waals surface area (Å²) in [5.41, 5.74) is 2.03. The van der Waals surface area contributed by atoms with Gasteiger partial charge in [-0.25, -0.2) is 0 Å². The van der Waals surface area contributed by atoms with Crippen molar-refractivity contribution in [2.45, 2.75) is 38.0 Å². The third-order valence-electron chi connectivity index (χ3n) is 4.52. The summed E-state index contributed by atoms with van der Waals surface area (Å²) in [5.74, 6) is 0.887. The smallest absolute Gasteiger partial charge is 0.232 e. The lowest BCUT2D eigenvalue weighted by atomic mass is 9.90. The third-order valence-corrected chi connectivity index (χ3v) is 4.52. The second-order valence-electron chi connectivity index (χ2n) is 6.25. The van der Waals surface area contributed by atoms with Crippen molar-refractivity contribution in [2.24, 2.45) is 0 Å². The molecule has 1 fully saturated rings. The number of nitrogens with zero attached hydrogens (tertiary/aromatic N) is 4. The largest absolute Gasteiger partial charge is 0.344 e. The number of H-pyrrole nitrogens is 1. The summed E-state index contributed by atoms with van der Waals surface area (Å²) in [5, 5.41) is 14.0. The Balaban J connectivity index is 1.75. The van der Waals surface area contributed by atoms with Crippen LogP contribution in [-0.2, 0) is 10.2 Å². The molecule has 22 heavy (non-hydrogen) atoms. The molecule has 116 valence electrons. The SMILES string of the molecule is Cc1ccccc1C1(C(=O)N(C)C[C@H](C)c2nn[nH]n2)CC1. The van der Waals surface area contributed by atoms with Crippen molar-refractivity contribution < 1.29 is 4.79 Å². The number of nitrogens with one attached hydrogen (secondary N) is 1. The van der Waals surface area contributed by atoms with Gasteiger partial charge in [-0.2, -0.15) is 5.21 Å². The van der Waals surface area contributed by atoms with Crippen LogP contribution in [-0.4, -0.2) is 45.0 Å². The van der Waals surface area contributed by atoms with E-state index in [2.05, 4.69) is 39.7 Å². The number of aromatic amines is 1. The van der Waals surface area contributed by atoms with Crippen LogP contribution in [0.2, 0.25) is 0 Å². The number of aromatic nitrogens is 4. The van der Waals surface area contributed by atoms with E-state index in [9.17, 15) is 4.79 Å². The minimum Gasteiger partial charge on any atom is -0.344 e. The predicted octanol–water partition coefficient (Wildman–Crippen LogP) is 1.80. The lowest BCUT2D eigenvalue weighted by Gasteiger charge is -2.26. The van der Waals surface area contributed by atoms with Crippen molar-refractivity contribution in [3.05, 3.63) is 41.2 Å². The van der Waals surface area contributed by atoms with Gasteiger partial charge in [0.2, 0.25) is 5.91 Å². The Morgan fingerprint density at radius 1 is 1.41 bits per heavy atom. The van der Waals surface area contributed by atoms with E-state index in [4.69, 9.17) is 0 Å². The Hall–Kier alpha value is -2.24. The van der Waals surface area contributed by atoms with Gasteiger partial charge in [-0.05, 0) is 30.9 Å². The first-order valence-corrected chi connectivity index (χ1v) is 7.59. The number of rotatable bonds is 5. The fourth-order valence-electron chi connectivity index (χ4n) is 3.15. The average molecular weight is 299 g/mol. The van der Waals surface area contributed by atoms with Crippen LogP contribution < -0.4 is 0 Å². The van der Waals surface area contributed by atoms with E-state index in [0.717, 1.165) is 12.8 Å². The second-order valence-corrected chi connectivity index (χ2v) is 6.25. The summed E-state index contributed by atoms with van der Waals surface area (Å²) >= 11 is 0. The Labute approximate surface area is 129 Å². The molecule has 1 heterocycles. The van der Waals surface area contributed by atoms with Crippen molar-refractivity contribution in [1.29, 1.82) is 0 Å². The van der Waals surface area contributed by atoms with Crippen molar-refractivity contribution >= 4 is 5.91 Å². The fraction of sp³-hybridized carbons (Fsp3) is 0.500. The molecule has 3 rings (SSSR count). The molecule has 6 heteroatoms. The summed E-state index contributed by atoms with van der Waals surface area (Å²) in [6.07, 6.45) is 1.86. The molecule has 1 amide bonds. The van der Waals surface area contributed by atoms with Crippen LogP contribution in [0.5, 0.6) is 0 Å². The molecule has 0 aliphatic heterocycles. The molecule has 2 aromatic rings. The maximum absolute atomic E-state index is 12.9. The molecule has 1 aliphatic rings. The highest BCUT2D eigenvalue weighted by molar-refractivity contribution is 5.91. The number of hydrogen-bond donors (Lipinski definition) is 1. The topological polar surface area (TPSA) is 74.8 Å². The Bertz CT molecular complexity index is 663. The van der Waals surface area contributed by atoms with Gasteiger partial charge in [0.1, 0.15) is 0 Å². The molecule has 1 saturated carbocycles. The van der Waals surface area contributed by atoms with Gasteiger partial charge in [-0.15, -0.1) is 10.2 Å². The molecule has 1 aromatic carbocycles. The zero-order chi connectivity index (χ0) is 15.7. The lowest BCUT2D eigenvalue weighted by molar-refractivity contribution is -0.132. The minimum atomic E-state index is -0.322. The molecule has 0 bridgehead atoms. The summed E-state index contributed by atoms with van der Waals surface area (Å²) in [4.78, 5) is 14.8. The molecule has 6 nitrogen and oxygen atoms in total. The van der Waals surface area contributed by atoms with Gasteiger partial charge >= 0.3 is 0 Å². The van der Waals surface area contributed by atoms with Gasteiger partial charge in [0.15, 0.2) is 5.82 Å². The van der Waals surface area contributed by atoms with Gasteiger partial charge in [0.05, 0.1) is 5.41 Å². The normalized spacial score (nSPS) is 17.0. The zero-order valence-corrected chi connectivity index (χ0v) is 13.2. The molecule has 1 aromatic heterocycles. The highest BCUT2D eigenvalue weighted by atomic mass is 16.2. The van der Waals surface area contributed by atoms with Crippen LogP contribution in [0.1, 0.15) is 42.6 Å². The molecular formula is C16H21N5O. The highest BCUT2D eigenvalue weighted by Gasteiger charge is 2.53. The molecule has 0 radical (unpaired) electrons. The Morgan fingerprint density at radius 3 is 2.73 bits per heavy atom. The number of tetrazole rings is 1. The Morgan fingerprint density at radius 2 is 2.14 bits per heavy atom. The number of carbonyl (C=O) groups is 1. The van der Waals surface area contributed by atoms with E-state index in [1.165, 1.54) is 11.1 Å². The first kappa shape index (κ1) is 14.7. The molecule has 1 atom stereocenters. The van der Waals surface area contributed by atoms with Crippen LogP contribution in [0, 0.1) is 6.92 Å². The van der Waals surface area contributed by atoms with Crippen LogP contribution in [0.15, 0.2) is 24.3 Å². The highest BCUT2D eigenvalue weighted by Crippen LogP contribution is 2.50. The molecule has 0 unspecified atom stereocenters. The number of benzene rings is 1.